The number of hydrazine groups is 1. The Labute approximate surface area is 220 Å². The molecule has 2 fully saturated rings. The molecule has 11 heteroatoms. The van der Waals surface area contributed by atoms with Gasteiger partial charge in [0.05, 0.1) is 12.2 Å². The summed E-state index contributed by atoms with van der Waals surface area (Å²) in [4.78, 5) is 30.7. The van der Waals surface area contributed by atoms with Crippen LogP contribution in [0.25, 0.3) is 5.65 Å². The first-order valence-electron chi connectivity index (χ1n) is 13.0. The van der Waals surface area contributed by atoms with Crippen LogP contribution in [0.5, 0.6) is 0 Å². The second-order valence-electron chi connectivity index (χ2n) is 10.9. The fourth-order valence-corrected chi connectivity index (χ4v) is 5.01. The highest BCUT2D eigenvalue weighted by atomic mass is 19.1. The van der Waals surface area contributed by atoms with Gasteiger partial charge in [0.25, 0.3) is 0 Å². The molecule has 1 aliphatic carbocycles. The highest BCUT2D eigenvalue weighted by Gasteiger charge is 2.33. The molecule has 0 radical (unpaired) electrons. The van der Waals surface area contributed by atoms with Crippen molar-refractivity contribution in [3.63, 3.8) is 0 Å². The first kappa shape index (κ1) is 25.9. The summed E-state index contributed by atoms with van der Waals surface area (Å²) in [5, 5.41) is 15.5. The maximum absolute atomic E-state index is 14.5. The zero-order valence-corrected chi connectivity index (χ0v) is 21.9. The van der Waals surface area contributed by atoms with Gasteiger partial charge in [0, 0.05) is 25.3 Å². The van der Waals surface area contributed by atoms with Gasteiger partial charge in [-0.05, 0) is 82.2 Å². The molecule has 1 atom stereocenters. The molecule has 38 heavy (non-hydrogen) atoms. The SMILES string of the molecule is CC(C)(C)OC(=O)NN(CCc1ccc(F)cc1[C@H]1CCCN1c1ccn2ncc(C(=O)O)c2n1)C1CC1. The van der Waals surface area contributed by atoms with E-state index in [1.165, 1.54) is 16.8 Å². The summed E-state index contributed by atoms with van der Waals surface area (Å²) in [6.45, 7) is 6.77. The third kappa shape index (κ3) is 5.72. The molecule has 2 aliphatic rings. The summed E-state index contributed by atoms with van der Waals surface area (Å²) in [6.07, 6.45) is 6.84. The number of carbonyl (C=O) groups excluding carboxylic acids is 1. The van der Waals surface area contributed by atoms with Crippen molar-refractivity contribution in [1.29, 1.82) is 0 Å². The largest absolute Gasteiger partial charge is 0.477 e. The molecule has 1 saturated carbocycles. The number of nitrogens with one attached hydrogen (secondary N) is 1. The van der Waals surface area contributed by atoms with E-state index in [4.69, 9.17) is 4.74 Å². The third-order valence-electron chi connectivity index (χ3n) is 6.84. The molecule has 202 valence electrons. The van der Waals surface area contributed by atoms with E-state index in [0.29, 0.717) is 25.3 Å². The molecule has 10 nitrogen and oxygen atoms in total. The molecule has 3 heterocycles. The second kappa shape index (κ2) is 10.2. The number of nitrogens with zero attached hydrogens (tertiary/aromatic N) is 5. The van der Waals surface area contributed by atoms with Gasteiger partial charge in [0.2, 0.25) is 0 Å². The summed E-state index contributed by atoms with van der Waals surface area (Å²) in [5.74, 6) is -0.770. The minimum Gasteiger partial charge on any atom is -0.477 e. The Balaban J connectivity index is 1.37. The number of fused-ring (bicyclic) bond motifs is 1. The van der Waals surface area contributed by atoms with E-state index < -0.39 is 17.7 Å². The Hall–Kier alpha value is -3.73. The summed E-state index contributed by atoms with van der Waals surface area (Å²) in [7, 11) is 0. The number of anilines is 1. The standard InChI is InChI=1S/C27H33FN6O4/c1-27(2,3)38-26(37)31-33(19-8-9-19)13-10-17-6-7-18(28)15-20(17)22-5-4-12-32(22)23-11-14-34-24(30-23)21(16-29-34)25(35)36/h6-7,11,14-16,19,22H,4-5,8-10,12-13H2,1-3H3,(H,31,37)(H,35,36)/t22-/m1/s1. The Kier molecular flexibility index (Phi) is 6.95. The minimum absolute atomic E-state index is 0.0340. The molecular weight excluding hydrogens is 491 g/mol. The van der Waals surface area contributed by atoms with E-state index in [0.717, 1.165) is 36.8 Å². The van der Waals surface area contributed by atoms with Gasteiger partial charge in [-0.2, -0.15) is 5.10 Å². The van der Waals surface area contributed by atoms with Gasteiger partial charge in [-0.15, -0.1) is 0 Å². The third-order valence-corrected chi connectivity index (χ3v) is 6.84. The number of carboxylic acid groups (broad SMARTS) is 1. The maximum Gasteiger partial charge on any atom is 0.422 e. The molecule has 1 amide bonds. The van der Waals surface area contributed by atoms with E-state index in [1.54, 1.807) is 12.3 Å². The van der Waals surface area contributed by atoms with Crippen molar-refractivity contribution in [2.45, 2.75) is 70.6 Å². The molecule has 5 rings (SSSR count). The number of carbonyl (C=O) groups is 2. The molecule has 1 saturated heterocycles. The molecule has 2 N–H and O–H groups in total. The zero-order valence-electron chi connectivity index (χ0n) is 21.9. The van der Waals surface area contributed by atoms with Crippen molar-refractivity contribution in [2.75, 3.05) is 18.0 Å². The number of ether oxygens (including phenoxy) is 1. The number of rotatable bonds is 8. The molecule has 0 bridgehead atoms. The number of aromatic carboxylic acids is 1. The lowest BCUT2D eigenvalue weighted by atomic mass is 9.96. The van der Waals surface area contributed by atoms with Crippen LogP contribution in [0.3, 0.4) is 0 Å². The van der Waals surface area contributed by atoms with Crippen LogP contribution in [0.1, 0.15) is 74.0 Å². The maximum atomic E-state index is 14.5. The van der Waals surface area contributed by atoms with Crippen LogP contribution >= 0.6 is 0 Å². The van der Waals surface area contributed by atoms with Crippen LogP contribution in [0.4, 0.5) is 15.0 Å². The van der Waals surface area contributed by atoms with Crippen molar-refractivity contribution in [1.82, 2.24) is 25.0 Å². The Bertz CT molecular complexity index is 1350. The van der Waals surface area contributed by atoms with Gasteiger partial charge in [-0.3, -0.25) is 5.43 Å². The smallest absolute Gasteiger partial charge is 0.422 e. The Morgan fingerprint density at radius 3 is 2.74 bits per heavy atom. The van der Waals surface area contributed by atoms with Crippen LogP contribution in [0.15, 0.2) is 36.7 Å². The van der Waals surface area contributed by atoms with Crippen LogP contribution < -0.4 is 10.3 Å². The lowest BCUT2D eigenvalue weighted by molar-refractivity contribution is 0.0315. The first-order valence-corrected chi connectivity index (χ1v) is 13.0. The Morgan fingerprint density at radius 1 is 1.24 bits per heavy atom. The summed E-state index contributed by atoms with van der Waals surface area (Å²) < 4.78 is 21.4. The van der Waals surface area contributed by atoms with Crippen LogP contribution in [0, 0.1) is 5.82 Å². The fraction of sp³-hybridized carbons (Fsp3) is 0.481. The molecule has 1 aromatic carbocycles. The van der Waals surface area contributed by atoms with Crippen molar-refractivity contribution in [3.8, 4) is 0 Å². The fourth-order valence-electron chi connectivity index (χ4n) is 5.01. The van der Waals surface area contributed by atoms with E-state index in [2.05, 4.69) is 20.4 Å². The van der Waals surface area contributed by atoms with Gasteiger partial charge in [0.15, 0.2) is 5.65 Å². The van der Waals surface area contributed by atoms with Gasteiger partial charge < -0.3 is 14.7 Å². The zero-order chi connectivity index (χ0) is 27.0. The summed E-state index contributed by atoms with van der Waals surface area (Å²) in [6, 6.07) is 6.83. The second-order valence-corrected chi connectivity index (χ2v) is 10.9. The van der Waals surface area contributed by atoms with Gasteiger partial charge in [0.1, 0.15) is 22.8 Å². The Morgan fingerprint density at radius 2 is 2.03 bits per heavy atom. The molecule has 0 unspecified atom stereocenters. The lowest BCUT2D eigenvalue weighted by Gasteiger charge is -2.29. The molecule has 2 aromatic heterocycles. The van der Waals surface area contributed by atoms with Crippen molar-refractivity contribution < 1.29 is 23.8 Å². The number of carboxylic acids is 1. The van der Waals surface area contributed by atoms with Crippen LogP contribution in [-0.2, 0) is 11.2 Å². The topological polar surface area (TPSA) is 112 Å². The van der Waals surface area contributed by atoms with Gasteiger partial charge >= 0.3 is 12.1 Å². The van der Waals surface area contributed by atoms with Crippen molar-refractivity contribution in [3.05, 3.63) is 59.2 Å². The number of hydrogen-bond donors (Lipinski definition) is 2. The van der Waals surface area contributed by atoms with Crippen LogP contribution in [0.2, 0.25) is 0 Å². The van der Waals surface area contributed by atoms with Gasteiger partial charge in [-0.25, -0.2) is 28.5 Å². The van der Waals surface area contributed by atoms with Crippen molar-refractivity contribution >= 4 is 23.5 Å². The monoisotopic (exact) mass is 524 g/mol. The van der Waals surface area contributed by atoms with Gasteiger partial charge in [-0.1, -0.05) is 6.07 Å². The average Bonchev–Trinajstić information content (AvgIpc) is 3.41. The number of aromatic nitrogens is 3. The summed E-state index contributed by atoms with van der Waals surface area (Å²) >= 11 is 0. The quantitative estimate of drug-likeness (QED) is 0.418. The molecular formula is C27H33FN6O4. The first-order chi connectivity index (χ1) is 18.1. The van der Waals surface area contributed by atoms with Crippen LogP contribution in [-0.4, -0.2) is 61.5 Å². The predicted octanol–water partition coefficient (Wildman–Crippen LogP) is 4.35. The number of amides is 1. The molecule has 3 aromatic rings. The average molecular weight is 525 g/mol. The number of hydrogen-bond acceptors (Lipinski definition) is 7. The normalized spacial score (nSPS) is 17.8. The van der Waals surface area contributed by atoms with E-state index in [1.807, 2.05) is 37.9 Å². The number of halogens is 1. The lowest BCUT2D eigenvalue weighted by Crippen LogP contribution is -2.46. The summed E-state index contributed by atoms with van der Waals surface area (Å²) in [5.41, 5.74) is 4.48. The van der Waals surface area contributed by atoms with Crippen molar-refractivity contribution in [2.24, 2.45) is 0 Å². The highest BCUT2D eigenvalue weighted by molar-refractivity contribution is 5.94. The minimum atomic E-state index is -1.09. The van der Waals surface area contributed by atoms with E-state index in [-0.39, 0.29) is 29.1 Å². The van der Waals surface area contributed by atoms with E-state index in [9.17, 15) is 19.1 Å². The molecule has 0 spiro atoms. The van der Waals surface area contributed by atoms with E-state index >= 15 is 0 Å². The highest BCUT2D eigenvalue weighted by Crippen LogP contribution is 2.38. The molecule has 1 aliphatic heterocycles. The predicted molar refractivity (Wildman–Crippen MR) is 138 cm³/mol. The number of benzene rings is 1.